The highest BCUT2D eigenvalue weighted by molar-refractivity contribution is 6.21. The minimum absolute atomic E-state index is 0.110. The predicted molar refractivity (Wildman–Crippen MR) is 77.5 cm³/mol. The summed E-state index contributed by atoms with van der Waals surface area (Å²) in [5.41, 5.74) is 1.03. The lowest BCUT2D eigenvalue weighted by Crippen LogP contribution is -2.19. The van der Waals surface area contributed by atoms with Crippen LogP contribution in [0.5, 0.6) is 0 Å². The molecular formula is C16H8N2O4. The summed E-state index contributed by atoms with van der Waals surface area (Å²) < 4.78 is 5.62. The summed E-state index contributed by atoms with van der Waals surface area (Å²) in [5.74, 6) is -0.789. The third-order valence-electron chi connectivity index (χ3n) is 3.51. The first kappa shape index (κ1) is 12.5. The Balaban J connectivity index is 1.93. The lowest BCUT2D eigenvalue weighted by molar-refractivity contribution is 0.0879. The van der Waals surface area contributed by atoms with Crippen molar-refractivity contribution in [3.8, 4) is 11.5 Å². The van der Waals surface area contributed by atoms with Crippen LogP contribution < -0.4 is 10.9 Å². The molecule has 1 aliphatic rings. The van der Waals surface area contributed by atoms with E-state index in [4.69, 9.17) is 4.42 Å². The Morgan fingerprint density at radius 2 is 1.68 bits per heavy atom. The van der Waals surface area contributed by atoms with Crippen LogP contribution in [0.15, 0.2) is 51.7 Å². The van der Waals surface area contributed by atoms with Crippen LogP contribution in [0.25, 0.3) is 22.4 Å². The number of carbonyl (C=O) groups is 2. The standard InChI is InChI=1S/C16H8N2O4/c19-13-9-6-5-8(7-11(9)15(21)17-13)16-18-14(20)10-3-1-2-4-12(10)22-16/h1-7H,(H,17,19,21). The number of rotatable bonds is 1. The lowest BCUT2D eigenvalue weighted by Gasteiger charge is -2.03. The van der Waals surface area contributed by atoms with Gasteiger partial charge < -0.3 is 4.42 Å². The maximum absolute atomic E-state index is 12.0. The second-order valence-corrected chi connectivity index (χ2v) is 4.86. The molecule has 1 N–H and O–H groups in total. The van der Waals surface area contributed by atoms with E-state index in [9.17, 15) is 14.4 Å². The Kier molecular flexibility index (Phi) is 2.47. The molecule has 106 valence electrons. The van der Waals surface area contributed by atoms with Gasteiger partial charge in [0.2, 0.25) is 5.89 Å². The molecule has 0 aliphatic carbocycles. The Hall–Kier alpha value is -3.28. The van der Waals surface area contributed by atoms with E-state index in [1.807, 2.05) is 0 Å². The van der Waals surface area contributed by atoms with E-state index in [-0.39, 0.29) is 11.5 Å². The van der Waals surface area contributed by atoms with Gasteiger partial charge in [-0.25, -0.2) is 0 Å². The second kappa shape index (κ2) is 4.36. The third-order valence-corrected chi connectivity index (χ3v) is 3.51. The molecular weight excluding hydrogens is 284 g/mol. The molecule has 1 aliphatic heterocycles. The van der Waals surface area contributed by atoms with Gasteiger partial charge >= 0.3 is 0 Å². The molecule has 3 aromatic rings. The Labute approximate surface area is 123 Å². The van der Waals surface area contributed by atoms with Gasteiger partial charge in [-0.15, -0.1) is 0 Å². The molecule has 0 saturated heterocycles. The number of carbonyl (C=O) groups excluding carboxylic acids is 2. The summed E-state index contributed by atoms with van der Waals surface area (Å²) in [6, 6.07) is 11.4. The average Bonchev–Trinajstić information content (AvgIpc) is 2.81. The molecule has 0 atom stereocenters. The van der Waals surface area contributed by atoms with Gasteiger partial charge in [-0.05, 0) is 30.3 Å². The number of nitrogens with one attached hydrogen (secondary N) is 1. The minimum Gasteiger partial charge on any atom is -0.437 e. The van der Waals surface area contributed by atoms with Crippen LogP contribution in [0, 0.1) is 0 Å². The van der Waals surface area contributed by atoms with Crippen LogP contribution in [-0.4, -0.2) is 16.8 Å². The van der Waals surface area contributed by atoms with Crippen LogP contribution in [0.3, 0.4) is 0 Å². The van der Waals surface area contributed by atoms with Gasteiger partial charge in [0.15, 0.2) is 0 Å². The van der Waals surface area contributed by atoms with Gasteiger partial charge in [-0.2, -0.15) is 4.98 Å². The van der Waals surface area contributed by atoms with E-state index < -0.39 is 17.4 Å². The van der Waals surface area contributed by atoms with E-state index in [1.165, 1.54) is 12.1 Å². The summed E-state index contributed by atoms with van der Waals surface area (Å²) in [7, 11) is 0. The van der Waals surface area contributed by atoms with Crippen molar-refractivity contribution in [3.05, 3.63) is 63.9 Å². The zero-order chi connectivity index (χ0) is 15.3. The maximum Gasteiger partial charge on any atom is 0.284 e. The monoisotopic (exact) mass is 292 g/mol. The lowest BCUT2D eigenvalue weighted by atomic mass is 10.1. The van der Waals surface area contributed by atoms with Gasteiger partial charge in [0, 0.05) is 5.56 Å². The number of fused-ring (bicyclic) bond motifs is 2. The summed E-state index contributed by atoms with van der Waals surface area (Å²) in [5, 5.41) is 2.60. The molecule has 2 amide bonds. The summed E-state index contributed by atoms with van der Waals surface area (Å²) in [6.45, 7) is 0. The molecule has 0 spiro atoms. The normalized spacial score (nSPS) is 13.3. The molecule has 4 rings (SSSR count). The molecule has 0 fully saturated rings. The molecule has 0 unspecified atom stereocenters. The van der Waals surface area contributed by atoms with Crippen molar-refractivity contribution < 1.29 is 14.0 Å². The number of amides is 2. The fraction of sp³-hybridized carbons (Fsp3) is 0. The Morgan fingerprint density at radius 1 is 0.909 bits per heavy atom. The van der Waals surface area contributed by atoms with Crippen molar-refractivity contribution in [1.29, 1.82) is 0 Å². The number of hydrogen-bond acceptors (Lipinski definition) is 5. The van der Waals surface area contributed by atoms with Crippen molar-refractivity contribution in [2.45, 2.75) is 0 Å². The first-order valence-electron chi connectivity index (χ1n) is 6.53. The quantitative estimate of drug-likeness (QED) is 0.690. The molecule has 2 heterocycles. The molecule has 2 aromatic carbocycles. The first-order valence-corrected chi connectivity index (χ1v) is 6.53. The van der Waals surface area contributed by atoms with Crippen LogP contribution in [0.2, 0.25) is 0 Å². The molecule has 22 heavy (non-hydrogen) atoms. The van der Waals surface area contributed by atoms with E-state index in [1.54, 1.807) is 30.3 Å². The molecule has 1 aromatic heterocycles. The number of hydrogen-bond donors (Lipinski definition) is 1. The molecule has 6 nitrogen and oxygen atoms in total. The van der Waals surface area contributed by atoms with E-state index in [0.717, 1.165) is 0 Å². The highest BCUT2D eigenvalue weighted by Gasteiger charge is 2.27. The van der Waals surface area contributed by atoms with E-state index in [2.05, 4.69) is 10.3 Å². The number of nitrogens with zero attached hydrogens (tertiary/aromatic N) is 1. The number of para-hydroxylation sites is 1. The molecule has 0 radical (unpaired) electrons. The number of benzene rings is 2. The highest BCUT2D eigenvalue weighted by Crippen LogP contribution is 2.25. The second-order valence-electron chi connectivity index (χ2n) is 4.86. The fourth-order valence-electron chi connectivity index (χ4n) is 2.44. The third kappa shape index (κ3) is 1.74. The maximum atomic E-state index is 12.0. The summed E-state index contributed by atoms with van der Waals surface area (Å²) >= 11 is 0. The summed E-state index contributed by atoms with van der Waals surface area (Å²) in [4.78, 5) is 39.1. The van der Waals surface area contributed by atoms with Crippen LogP contribution in [-0.2, 0) is 0 Å². The van der Waals surface area contributed by atoms with Gasteiger partial charge in [0.05, 0.1) is 16.5 Å². The van der Waals surface area contributed by atoms with Crippen molar-refractivity contribution >= 4 is 22.8 Å². The van der Waals surface area contributed by atoms with E-state index >= 15 is 0 Å². The SMILES string of the molecule is O=C1NC(=O)c2cc(-c3nc(=O)c4ccccc4o3)ccc21. The van der Waals surface area contributed by atoms with Crippen molar-refractivity contribution in [2.75, 3.05) is 0 Å². The van der Waals surface area contributed by atoms with E-state index in [0.29, 0.717) is 22.1 Å². The number of imide groups is 1. The number of aromatic nitrogens is 1. The van der Waals surface area contributed by atoms with Crippen LogP contribution in [0.1, 0.15) is 20.7 Å². The van der Waals surface area contributed by atoms with Crippen molar-refractivity contribution in [3.63, 3.8) is 0 Å². The van der Waals surface area contributed by atoms with Crippen LogP contribution >= 0.6 is 0 Å². The van der Waals surface area contributed by atoms with Crippen LogP contribution in [0.4, 0.5) is 0 Å². The topological polar surface area (TPSA) is 89.3 Å². The highest BCUT2D eigenvalue weighted by atomic mass is 16.3. The van der Waals surface area contributed by atoms with Crippen molar-refractivity contribution in [2.24, 2.45) is 0 Å². The van der Waals surface area contributed by atoms with Gasteiger partial charge in [-0.1, -0.05) is 12.1 Å². The fourth-order valence-corrected chi connectivity index (χ4v) is 2.44. The predicted octanol–water partition coefficient (Wildman–Crippen LogP) is 1.74. The van der Waals surface area contributed by atoms with Gasteiger partial charge in [0.1, 0.15) is 5.58 Å². The zero-order valence-corrected chi connectivity index (χ0v) is 11.1. The smallest absolute Gasteiger partial charge is 0.284 e. The molecule has 0 bridgehead atoms. The summed E-state index contributed by atoms with van der Waals surface area (Å²) in [6.07, 6.45) is 0. The largest absolute Gasteiger partial charge is 0.437 e. The Morgan fingerprint density at radius 3 is 2.55 bits per heavy atom. The average molecular weight is 292 g/mol. The molecule has 6 heteroatoms. The van der Waals surface area contributed by atoms with Crippen molar-refractivity contribution in [1.82, 2.24) is 10.3 Å². The first-order chi connectivity index (χ1) is 10.6. The zero-order valence-electron chi connectivity index (χ0n) is 11.1. The van der Waals surface area contributed by atoms with Gasteiger partial charge in [0.25, 0.3) is 17.4 Å². The minimum atomic E-state index is -0.468. The molecule has 0 saturated carbocycles. The van der Waals surface area contributed by atoms with Gasteiger partial charge in [-0.3, -0.25) is 19.7 Å². The Bertz CT molecular complexity index is 1020.